The molecule has 0 spiro atoms. The summed E-state index contributed by atoms with van der Waals surface area (Å²) in [6, 6.07) is 2.87. The second kappa shape index (κ2) is 5.20. The molecule has 1 aromatic carbocycles. The Morgan fingerprint density at radius 3 is 2.74 bits per heavy atom. The predicted molar refractivity (Wildman–Crippen MR) is 74.7 cm³/mol. The largest absolute Gasteiger partial charge is 0.326 e. The van der Waals surface area contributed by atoms with Gasteiger partial charge in [0.05, 0.1) is 10.6 Å². The van der Waals surface area contributed by atoms with Crippen molar-refractivity contribution in [3.05, 3.63) is 29.1 Å². The Morgan fingerprint density at radius 1 is 1.42 bits per heavy atom. The van der Waals surface area contributed by atoms with Crippen molar-refractivity contribution in [2.24, 2.45) is 0 Å². The molecule has 0 saturated heterocycles. The maximum atomic E-state index is 14.0. The Morgan fingerprint density at radius 2 is 2.11 bits per heavy atom. The number of carbonyl (C=O) groups is 1. The number of alkyl halides is 1. The van der Waals surface area contributed by atoms with Crippen LogP contribution in [0.15, 0.2) is 12.1 Å². The van der Waals surface area contributed by atoms with E-state index >= 15 is 0 Å². The molecule has 0 aliphatic carbocycles. The summed E-state index contributed by atoms with van der Waals surface area (Å²) < 4.78 is 36.5. The topological polar surface area (TPSA) is 63.2 Å². The molecule has 1 aliphatic rings. The lowest BCUT2D eigenvalue weighted by Crippen LogP contribution is -2.20. The standard InChI is InChI=1S/C12H13BrFNO3S/c1-19(17,18)6-9(13)8-4-7-2-3-12(16)15-11(7)5-10(8)14/h4-5,9H,2-3,6H2,1H3,(H,15,16). The maximum absolute atomic E-state index is 14.0. The number of rotatable bonds is 3. The number of benzene rings is 1. The molecule has 0 fully saturated rings. The smallest absolute Gasteiger partial charge is 0.224 e. The van der Waals surface area contributed by atoms with Gasteiger partial charge >= 0.3 is 0 Å². The first-order chi connectivity index (χ1) is 8.76. The van der Waals surface area contributed by atoms with Crippen molar-refractivity contribution in [2.75, 3.05) is 17.3 Å². The molecule has 1 unspecified atom stereocenters. The Hall–Kier alpha value is -0.950. The summed E-state index contributed by atoms with van der Waals surface area (Å²) in [5.74, 6) is -0.827. The summed E-state index contributed by atoms with van der Waals surface area (Å²) in [6.07, 6.45) is 2.00. The lowest BCUT2D eigenvalue weighted by atomic mass is 9.99. The van der Waals surface area contributed by atoms with E-state index in [9.17, 15) is 17.6 Å². The highest BCUT2D eigenvalue weighted by atomic mass is 79.9. The third kappa shape index (κ3) is 3.54. The van der Waals surface area contributed by atoms with Gasteiger partial charge in [0.1, 0.15) is 15.7 Å². The molecule has 1 aromatic rings. The Bertz CT molecular complexity index is 630. The molecular formula is C12H13BrFNO3S. The first-order valence-corrected chi connectivity index (χ1v) is 8.68. The van der Waals surface area contributed by atoms with Gasteiger partial charge in [-0.25, -0.2) is 12.8 Å². The quantitative estimate of drug-likeness (QED) is 0.850. The number of anilines is 1. The van der Waals surface area contributed by atoms with Crippen LogP contribution >= 0.6 is 15.9 Å². The number of aryl methyl sites for hydroxylation is 1. The molecule has 7 heteroatoms. The van der Waals surface area contributed by atoms with Crippen molar-refractivity contribution in [1.82, 2.24) is 0 Å². The average Bonchev–Trinajstić information content (AvgIpc) is 2.25. The highest BCUT2D eigenvalue weighted by Crippen LogP contribution is 2.32. The molecule has 0 aromatic heterocycles. The predicted octanol–water partition coefficient (Wildman–Crippen LogP) is 2.19. The molecule has 0 saturated carbocycles. The second-order valence-electron chi connectivity index (χ2n) is 4.64. The van der Waals surface area contributed by atoms with E-state index in [2.05, 4.69) is 21.2 Å². The zero-order chi connectivity index (χ0) is 14.2. The van der Waals surface area contributed by atoms with Crippen LogP contribution in [0.4, 0.5) is 10.1 Å². The SMILES string of the molecule is CS(=O)(=O)CC(Br)c1cc2c(cc1F)NC(=O)CC2. The third-order valence-corrected chi connectivity index (χ3v) is 5.09. The van der Waals surface area contributed by atoms with Crippen molar-refractivity contribution >= 4 is 37.4 Å². The second-order valence-corrected chi connectivity index (χ2v) is 7.93. The lowest BCUT2D eigenvalue weighted by Gasteiger charge is -2.19. The van der Waals surface area contributed by atoms with Gasteiger partial charge in [-0.15, -0.1) is 0 Å². The molecule has 1 N–H and O–H groups in total. The Balaban J connectivity index is 2.35. The maximum Gasteiger partial charge on any atom is 0.224 e. The van der Waals surface area contributed by atoms with Gasteiger partial charge in [0.15, 0.2) is 0 Å². The van der Waals surface area contributed by atoms with Gasteiger partial charge in [-0.1, -0.05) is 15.9 Å². The Labute approximate surface area is 119 Å². The van der Waals surface area contributed by atoms with Crippen LogP contribution in [0.5, 0.6) is 0 Å². The summed E-state index contributed by atoms with van der Waals surface area (Å²) in [4.78, 5) is 10.6. The van der Waals surface area contributed by atoms with Crippen LogP contribution in [0.2, 0.25) is 0 Å². The van der Waals surface area contributed by atoms with Crippen molar-refractivity contribution in [3.8, 4) is 0 Å². The van der Waals surface area contributed by atoms with E-state index in [0.717, 1.165) is 11.8 Å². The fourth-order valence-electron chi connectivity index (χ4n) is 2.02. The van der Waals surface area contributed by atoms with Crippen molar-refractivity contribution in [2.45, 2.75) is 17.7 Å². The fraction of sp³-hybridized carbons (Fsp3) is 0.417. The van der Waals surface area contributed by atoms with Gasteiger partial charge in [-0.2, -0.15) is 0 Å². The van der Waals surface area contributed by atoms with E-state index < -0.39 is 20.5 Å². The van der Waals surface area contributed by atoms with E-state index in [1.807, 2.05) is 0 Å². The highest BCUT2D eigenvalue weighted by molar-refractivity contribution is 9.09. The van der Waals surface area contributed by atoms with Gasteiger partial charge in [0.25, 0.3) is 0 Å². The summed E-state index contributed by atoms with van der Waals surface area (Å²) in [5.41, 5.74) is 1.60. The molecular weight excluding hydrogens is 337 g/mol. The van der Waals surface area contributed by atoms with Gasteiger partial charge in [-0.3, -0.25) is 4.79 Å². The van der Waals surface area contributed by atoms with Gasteiger partial charge in [0.2, 0.25) is 5.91 Å². The van der Waals surface area contributed by atoms with Crippen molar-refractivity contribution in [1.29, 1.82) is 0 Å². The monoisotopic (exact) mass is 349 g/mol. The van der Waals surface area contributed by atoms with Crippen LogP contribution in [-0.4, -0.2) is 26.3 Å². The lowest BCUT2D eigenvalue weighted by molar-refractivity contribution is -0.116. The number of hydrogen-bond donors (Lipinski definition) is 1. The molecule has 0 bridgehead atoms. The number of amides is 1. The normalized spacial score (nSPS) is 16.7. The number of sulfone groups is 1. The summed E-state index contributed by atoms with van der Waals surface area (Å²) in [5, 5.41) is 2.60. The van der Waals surface area contributed by atoms with Crippen molar-refractivity contribution in [3.63, 3.8) is 0 Å². The molecule has 19 heavy (non-hydrogen) atoms. The number of nitrogens with one attached hydrogen (secondary N) is 1. The molecule has 104 valence electrons. The summed E-state index contributed by atoms with van der Waals surface area (Å²) in [7, 11) is -3.20. The molecule has 1 aliphatic heterocycles. The van der Waals surface area contributed by atoms with Crippen LogP contribution in [0.3, 0.4) is 0 Å². The first-order valence-electron chi connectivity index (χ1n) is 5.70. The third-order valence-electron chi connectivity index (χ3n) is 2.90. The van der Waals surface area contributed by atoms with E-state index in [4.69, 9.17) is 0 Å². The van der Waals surface area contributed by atoms with Crippen LogP contribution in [0, 0.1) is 5.82 Å². The van der Waals surface area contributed by atoms with E-state index in [1.54, 1.807) is 6.07 Å². The van der Waals surface area contributed by atoms with Crippen LogP contribution in [0.25, 0.3) is 0 Å². The van der Waals surface area contributed by atoms with Crippen LogP contribution < -0.4 is 5.32 Å². The Kier molecular flexibility index (Phi) is 3.96. The average molecular weight is 350 g/mol. The van der Waals surface area contributed by atoms with E-state index in [-0.39, 0.29) is 11.7 Å². The molecule has 2 rings (SSSR count). The molecule has 0 radical (unpaired) electrons. The minimum absolute atomic E-state index is 0.133. The fourth-order valence-corrected chi connectivity index (χ4v) is 4.52. The number of hydrogen-bond acceptors (Lipinski definition) is 3. The van der Waals surface area contributed by atoms with Crippen LogP contribution in [0.1, 0.15) is 22.4 Å². The van der Waals surface area contributed by atoms with E-state index in [1.165, 1.54) is 6.07 Å². The molecule has 1 heterocycles. The van der Waals surface area contributed by atoms with Gasteiger partial charge < -0.3 is 5.32 Å². The van der Waals surface area contributed by atoms with Gasteiger partial charge in [-0.05, 0) is 24.1 Å². The summed E-state index contributed by atoms with van der Waals surface area (Å²) >= 11 is 3.21. The number of fused-ring (bicyclic) bond motifs is 1. The minimum atomic E-state index is -3.20. The first kappa shape index (κ1) is 14.5. The zero-order valence-corrected chi connectivity index (χ0v) is 12.6. The van der Waals surface area contributed by atoms with Gasteiger partial charge in [0, 0.05) is 23.9 Å². The number of carbonyl (C=O) groups excluding carboxylic acids is 1. The number of halogens is 2. The highest BCUT2D eigenvalue weighted by Gasteiger charge is 2.22. The molecule has 1 atom stereocenters. The molecule has 4 nitrogen and oxygen atoms in total. The van der Waals surface area contributed by atoms with Crippen LogP contribution in [-0.2, 0) is 21.1 Å². The summed E-state index contributed by atoms with van der Waals surface area (Å²) in [6.45, 7) is 0. The van der Waals surface area contributed by atoms with Crippen molar-refractivity contribution < 1.29 is 17.6 Å². The minimum Gasteiger partial charge on any atom is -0.326 e. The zero-order valence-electron chi connectivity index (χ0n) is 10.2. The van der Waals surface area contributed by atoms with E-state index in [0.29, 0.717) is 24.1 Å². The molecule has 1 amide bonds.